The average Bonchev–Trinajstić information content (AvgIpc) is 2.93. The molecule has 4 aromatic rings. The zero-order valence-corrected chi connectivity index (χ0v) is 12.8. The molecule has 0 saturated heterocycles. The van der Waals surface area contributed by atoms with E-state index in [4.69, 9.17) is 4.42 Å². The molecule has 0 unspecified atom stereocenters. The van der Waals surface area contributed by atoms with Crippen molar-refractivity contribution in [1.82, 2.24) is 0 Å². The first kappa shape index (κ1) is 13.1. The fraction of sp³-hybridized carbons (Fsp3) is 0.143. The number of furan rings is 1. The molecule has 3 aromatic carbocycles. The fourth-order valence-electron chi connectivity index (χ4n) is 3.06. The maximum Gasteiger partial charge on any atom is 0.136 e. The van der Waals surface area contributed by atoms with Crippen molar-refractivity contribution in [3.05, 3.63) is 72.3 Å². The van der Waals surface area contributed by atoms with Gasteiger partial charge in [-0.3, -0.25) is 0 Å². The van der Waals surface area contributed by atoms with Crippen LogP contribution in [-0.2, 0) is 0 Å². The van der Waals surface area contributed by atoms with E-state index >= 15 is 0 Å². The van der Waals surface area contributed by atoms with E-state index in [1.54, 1.807) is 0 Å². The molecule has 0 atom stereocenters. The van der Waals surface area contributed by atoms with Crippen molar-refractivity contribution >= 4 is 21.9 Å². The molecule has 0 aliphatic heterocycles. The topological polar surface area (TPSA) is 13.1 Å². The van der Waals surface area contributed by atoms with Crippen LogP contribution in [0.4, 0.5) is 0 Å². The molecule has 4 rings (SSSR count). The van der Waals surface area contributed by atoms with Crippen molar-refractivity contribution in [2.75, 3.05) is 0 Å². The number of benzene rings is 3. The third-order valence-electron chi connectivity index (χ3n) is 4.27. The molecule has 1 heterocycles. The van der Waals surface area contributed by atoms with Gasteiger partial charge in [0.15, 0.2) is 0 Å². The summed E-state index contributed by atoms with van der Waals surface area (Å²) in [5, 5.41) is 2.42. The van der Waals surface area contributed by atoms with E-state index in [-0.39, 0.29) is 0 Å². The van der Waals surface area contributed by atoms with Gasteiger partial charge in [-0.15, -0.1) is 0 Å². The highest BCUT2D eigenvalue weighted by Gasteiger charge is 2.13. The van der Waals surface area contributed by atoms with Gasteiger partial charge in [0, 0.05) is 10.8 Å². The van der Waals surface area contributed by atoms with Crippen LogP contribution in [0.1, 0.15) is 25.3 Å². The van der Waals surface area contributed by atoms with Crippen LogP contribution in [0.2, 0.25) is 0 Å². The molecule has 108 valence electrons. The highest BCUT2D eigenvalue weighted by atomic mass is 16.3. The normalized spacial score (nSPS) is 11.6. The summed E-state index contributed by atoms with van der Waals surface area (Å²) in [4.78, 5) is 0. The Bertz CT molecular complexity index is 946. The Hall–Kier alpha value is -2.54. The van der Waals surface area contributed by atoms with Gasteiger partial charge in [-0.1, -0.05) is 62.4 Å². The van der Waals surface area contributed by atoms with Crippen LogP contribution in [0.5, 0.6) is 0 Å². The van der Waals surface area contributed by atoms with Gasteiger partial charge in [-0.2, -0.15) is 0 Å². The molecule has 0 bridgehead atoms. The zero-order chi connectivity index (χ0) is 15.1. The lowest BCUT2D eigenvalue weighted by Gasteiger charge is -2.06. The maximum absolute atomic E-state index is 6.05. The van der Waals surface area contributed by atoms with Crippen LogP contribution < -0.4 is 0 Å². The van der Waals surface area contributed by atoms with Crippen molar-refractivity contribution in [3.8, 4) is 11.1 Å². The molecule has 1 heteroatoms. The first-order chi connectivity index (χ1) is 10.7. The van der Waals surface area contributed by atoms with Gasteiger partial charge in [0.05, 0.1) is 0 Å². The number of hydrogen-bond donors (Lipinski definition) is 0. The Morgan fingerprint density at radius 1 is 0.773 bits per heavy atom. The van der Waals surface area contributed by atoms with E-state index in [2.05, 4.69) is 74.5 Å². The maximum atomic E-state index is 6.05. The van der Waals surface area contributed by atoms with Crippen LogP contribution in [0.3, 0.4) is 0 Å². The molecule has 0 aliphatic rings. The summed E-state index contributed by atoms with van der Waals surface area (Å²) in [6.07, 6.45) is 0. The third-order valence-corrected chi connectivity index (χ3v) is 4.27. The second kappa shape index (κ2) is 5.03. The minimum absolute atomic E-state index is 0.512. The summed E-state index contributed by atoms with van der Waals surface area (Å²) in [5.41, 5.74) is 5.72. The Labute approximate surface area is 130 Å². The van der Waals surface area contributed by atoms with Gasteiger partial charge < -0.3 is 4.42 Å². The van der Waals surface area contributed by atoms with Crippen LogP contribution in [0.15, 0.2) is 71.1 Å². The minimum atomic E-state index is 0.512. The lowest BCUT2D eigenvalue weighted by molar-refractivity contribution is 0.668. The van der Waals surface area contributed by atoms with Gasteiger partial charge in [0.1, 0.15) is 11.2 Å². The number of rotatable bonds is 2. The Kier molecular flexibility index (Phi) is 3.00. The van der Waals surface area contributed by atoms with Gasteiger partial charge in [0.25, 0.3) is 0 Å². The van der Waals surface area contributed by atoms with Crippen molar-refractivity contribution < 1.29 is 4.42 Å². The van der Waals surface area contributed by atoms with Crippen LogP contribution in [-0.4, -0.2) is 0 Å². The quantitative estimate of drug-likeness (QED) is 0.417. The summed E-state index contributed by atoms with van der Waals surface area (Å²) in [6.45, 7) is 4.45. The van der Waals surface area contributed by atoms with Crippen LogP contribution >= 0.6 is 0 Å². The van der Waals surface area contributed by atoms with Crippen LogP contribution in [0, 0.1) is 0 Å². The Morgan fingerprint density at radius 3 is 2.36 bits per heavy atom. The lowest BCUT2D eigenvalue weighted by atomic mass is 9.97. The summed E-state index contributed by atoms with van der Waals surface area (Å²) in [5.74, 6) is 0.512. The van der Waals surface area contributed by atoms with Crippen LogP contribution in [0.25, 0.3) is 33.1 Å². The number of fused-ring (bicyclic) bond motifs is 3. The molecule has 0 radical (unpaired) electrons. The molecule has 1 aromatic heterocycles. The molecule has 0 N–H and O–H groups in total. The molecule has 1 nitrogen and oxygen atoms in total. The molecular formula is C21H18O. The molecule has 0 saturated carbocycles. The fourth-order valence-corrected chi connectivity index (χ4v) is 3.06. The molecule has 0 amide bonds. The Morgan fingerprint density at radius 2 is 1.59 bits per heavy atom. The molecule has 0 fully saturated rings. The summed E-state index contributed by atoms with van der Waals surface area (Å²) < 4.78 is 6.05. The van der Waals surface area contributed by atoms with Crippen molar-refractivity contribution in [1.29, 1.82) is 0 Å². The smallest absolute Gasteiger partial charge is 0.136 e. The van der Waals surface area contributed by atoms with E-state index in [0.717, 1.165) is 11.2 Å². The van der Waals surface area contributed by atoms with E-state index in [1.165, 1.54) is 27.5 Å². The predicted octanol–water partition coefficient (Wildman–Crippen LogP) is 6.38. The molecule has 0 aliphatic carbocycles. The zero-order valence-electron chi connectivity index (χ0n) is 12.8. The van der Waals surface area contributed by atoms with Crippen molar-refractivity contribution in [2.24, 2.45) is 0 Å². The minimum Gasteiger partial charge on any atom is -0.456 e. The predicted molar refractivity (Wildman–Crippen MR) is 93.2 cm³/mol. The monoisotopic (exact) mass is 286 g/mol. The van der Waals surface area contributed by atoms with Gasteiger partial charge in [-0.25, -0.2) is 0 Å². The highest BCUT2D eigenvalue weighted by Crippen LogP contribution is 2.37. The van der Waals surface area contributed by atoms with Crippen molar-refractivity contribution in [2.45, 2.75) is 19.8 Å². The standard InChI is InChI=1S/C21H18O/c1-14(2)16-11-12-19-18(13-16)21-17(9-6-10-20(21)22-19)15-7-4-3-5-8-15/h3-14H,1-2H3. The number of hydrogen-bond acceptors (Lipinski definition) is 1. The molecular weight excluding hydrogens is 268 g/mol. The van der Waals surface area contributed by atoms with Gasteiger partial charge in [-0.05, 0) is 40.8 Å². The molecule has 22 heavy (non-hydrogen) atoms. The van der Waals surface area contributed by atoms with Gasteiger partial charge >= 0.3 is 0 Å². The van der Waals surface area contributed by atoms with E-state index in [1.807, 2.05) is 6.07 Å². The van der Waals surface area contributed by atoms with Gasteiger partial charge in [0.2, 0.25) is 0 Å². The largest absolute Gasteiger partial charge is 0.456 e. The van der Waals surface area contributed by atoms with E-state index in [0.29, 0.717) is 5.92 Å². The lowest BCUT2D eigenvalue weighted by Crippen LogP contribution is -1.86. The SMILES string of the molecule is CC(C)c1ccc2oc3cccc(-c4ccccc4)c3c2c1. The summed E-state index contributed by atoms with van der Waals surface area (Å²) in [6, 6.07) is 23.3. The second-order valence-corrected chi connectivity index (χ2v) is 6.06. The molecule has 0 spiro atoms. The first-order valence-electron chi connectivity index (χ1n) is 7.74. The highest BCUT2D eigenvalue weighted by molar-refractivity contribution is 6.12. The van der Waals surface area contributed by atoms with E-state index in [9.17, 15) is 0 Å². The first-order valence-corrected chi connectivity index (χ1v) is 7.74. The Balaban J connectivity index is 2.09. The average molecular weight is 286 g/mol. The summed E-state index contributed by atoms with van der Waals surface area (Å²) >= 11 is 0. The summed E-state index contributed by atoms with van der Waals surface area (Å²) in [7, 11) is 0. The third kappa shape index (κ3) is 2.01. The van der Waals surface area contributed by atoms with E-state index < -0.39 is 0 Å². The van der Waals surface area contributed by atoms with Crippen molar-refractivity contribution in [3.63, 3.8) is 0 Å². The second-order valence-electron chi connectivity index (χ2n) is 6.06.